The number of benzene rings is 1. The Bertz CT molecular complexity index is 303. The summed E-state index contributed by atoms with van der Waals surface area (Å²) in [5.74, 6) is 0.979. The molecule has 0 radical (unpaired) electrons. The van der Waals surface area contributed by atoms with Gasteiger partial charge in [0.2, 0.25) is 0 Å². The minimum absolute atomic E-state index is 0.237. The van der Waals surface area contributed by atoms with Crippen LogP contribution in [-0.2, 0) is 4.74 Å². The van der Waals surface area contributed by atoms with Crippen molar-refractivity contribution in [3.8, 4) is 5.75 Å². The summed E-state index contributed by atoms with van der Waals surface area (Å²) in [6.45, 7) is 3.60. The highest BCUT2D eigenvalue weighted by Crippen LogP contribution is 2.33. The highest BCUT2D eigenvalue weighted by atomic mass is 16.5. The van der Waals surface area contributed by atoms with Gasteiger partial charge in [0.15, 0.2) is 0 Å². The lowest BCUT2D eigenvalue weighted by Crippen LogP contribution is -2.12. The Morgan fingerprint density at radius 3 is 2.93 bits per heavy atom. The second-order valence-corrected chi connectivity index (χ2v) is 3.83. The van der Waals surface area contributed by atoms with E-state index in [0.29, 0.717) is 6.61 Å². The molecule has 0 amide bonds. The maximum atomic E-state index is 5.77. The predicted octanol–water partition coefficient (Wildman–Crippen LogP) is 3.33. The first-order valence-corrected chi connectivity index (χ1v) is 5.75. The highest BCUT2D eigenvalue weighted by Gasteiger charge is 2.19. The van der Waals surface area contributed by atoms with Crippen LogP contribution in [0.3, 0.4) is 0 Å². The molecule has 2 heteroatoms. The third kappa shape index (κ3) is 2.51. The Hall–Kier alpha value is -1.02. The molecule has 1 heterocycles. The lowest BCUT2D eigenvalue weighted by Gasteiger charge is -2.24. The third-order valence-electron chi connectivity index (χ3n) is 2.75. The molecule has 1 aromatic carbocycles. The van der Waals surface area contributed by atoms with E-state index in [1.54, 1.807) is 0 Å². The SMILES string of the molecule is CCOc1ccccc1C1CCCCO1. The number of para-hydroxylation sites is 1. The lowest BCUT2D eigenvalue weighted by molar-refractivity contribution is 0.0133. The van der Waals surface area contributed by atoms with Crippen molar-refractivity contribution in [2.45, 2.75) is 32.3 Å². The van der Waals surface area contributed by atoms with Gasteiger partial charge < -0.3 is 9.47 Å². The maximum absolute atomic E-state index is 5.77. The van der Waals surface area contributed by atoms with Crippen molar-refractivity contribution in [1.29, 1.82) is 0 Å². The summed E-state index contributed by atoms with van der Waals surface area (Å²) < 4.78 is 11.4. The van der Waals surface area contributed by atoms with E-state index < -0.39 is 0 Å². The minimum atomic E-state index is 0.237. The summed E-state index contributed by atoms with van der Waals surface area (Å²) in [5.41, 5.74) is 1.21. The number of hydrogen-bond acceptors (Lipinski definition) is 2. The van der Waals surface area contributed by atoms with Crippen LogP contribution in [0.1, 0.15) is 37.9 Å². The molecule has 0 spiro atoms. The molecule has 0 bridgehead atoms. The van der Waals surface area contributed by atoms with Crippen molar-refractivity contribution < 1.29 is 9.47 Å². The molecule has 0 N–H and O–H groups in total. The molecular formula is C13H18O2. The molecule has 82 valence electrons. The van der Waals surface area contributed by atoms with Crippen LogP contribution < -0.4 is 4.74 Å². The molecule has 1 fully saturated rings. The Labute approximate surface area is 91.2 Å². The second-order valence-electron chi connectivity index (χ2n) is 3.83. The van der Waals surface area contributed by atoms with E-state index >= 15 is 0 Å². The zero-order valence-electron chi connectivity index (χ0n) is 9.24. The van der Waals surface area contributed by atoms with Crippen LogP contribution in [0.5, 0.6) is 5.75 Å². The summed E-state index contributed by atoms with van der Waals surface area (Å²) in [4.78, 5) is 0. The van der Waals surface area contributed by atoms with Crippen molar-refractivity contribution in [2.24, 2.45) is 0 Å². The molecule has 2 nitrogen and oxygen atoms in total. The van der Waals surface area contributed by atoms with Crippen molar-refractivity contribution >= 4 is 0 Å². The van der Waals surface area contributed by atoms with Gasteiger partial charge in [0, 0.05) is 12.2 Å². The van der Waals surface area contributed by atoms with Crippen molar-refractivity contribution in [3.63, 3.8) is 0 Å². The standard InChI is InChI=1S/C13H18O2/c1-2-14-12-8-4-3-7-11(12)13-9-5-6-10-15-13/h3-4,7-8,13H,2,5-6,9-10H2,1H3. The first-order chi connectivity index (χ1) is 7.42. The van der Waals surface area contributed by atoms with Crippen molar-refractivity contribution in [2.75, 3.05) is 13.2 Å². The molecule has 0 saturated carbocycles. The Morgan fingerprint density at radius 1 is 1.33 bits per heavy atom. The van der Waals surface area contributed by atoms with Crippen LogP contribution in [-0.4, -0.2) is 13.2 Å². The van der Waals surface area contributed by atoms with Crippen LogP contribution in [0.2, 0.25) is 0 Å². The maximum Gasteiger partial charge on any atom is 0.125 e. The van der Waals surface area contributed by atoms with E-state index in [0.717, 1.165) is 18.8 Å². The van der Waals surface area contributed by atoms with Crippen molar-refractivity contribution in [3.05, 3.63) is 29.8 Å². The first kappa shape index (κ1) is 10.5. The summed E-state index contributed by atoms with van der Waals surface area (Å²) in [6.07, 6.45) is 3.80. The molecule has 1 aromatic rings. The van der Waals surface area contributed by atoms with E-state index in [1.165, 1.54) is 18.4 Å². The van der Waals surface area contributed by atoms with E-state index in [1.807, 2.05) is 19.1 Å². The molecule has 1 atom stereocenters. The van der Waals surface area contributed by atoms with Gasteiger partial charge in [-0.3, -0.25) is 0 Å². The zero-order chi connectivity index (χ0) is 10.5. The van der Waals surface area contributed by atoms with Gasteiger partial charge in [-0.1, -0.05) is 18.2 Å². The molecule has 1 unspecified atom stereocenters. The van der Waals surface area contributed by atoms with Gasteiger partial charge in [0.1, 0.15) is 5.75 Å². The lowest BCUT2D eigenvalue weighted by atomic mass is 10.0. The van der Waals surface area contributed by atoms with Crippen LogP contribution >= 0.6 is 0 Å². The monoisotopic (exact) mass is 206 g/mol. The Balaban J connectivity index is 2.17. The number of rotatable bonds is 3. The van der Waals surface area contributed by atoms with E-state index in [-0.39, 0.29) is 6.10 Å². The highest BCUT2D eigenvalue weighted by molar-refractivity contribution is 5.35. The van der Waals surface area contributed by atoms with E-state index in [2.05, 4.69) is 12.1 Å². The average Bonchev–Trinajstić information content (AvgIpc) is 2.31. The van der Waals surface area contributed by atoms with Crippen LogP contribution in [0, 0.1) is 0 Å². The largest absolute Gasteiger partial charge is 0.493 e. The van der Waals surface area contributed by atoms with Crippen molar-refractivity contribution in [1.82, 2.24) is 0 Å². The van der Waals surface area contributed by atoms with Crippen LogP contribution in [0.15, 0.2) is 24.3 Å². The number of ether oxygens (including phenoxy) is 2. The van der Waals surface area contributed by atoms with Gasteiger partial charge in [-0.25, -0.2) is 0 Å². The summed E-state index contributed by atoms with van der Waals surface area (Å²) in [5, 5.41) is 0. The second kappa shape index (κ2) is 5.17. The smallest absolute Gasteiger partial charge is 0.125 e. The molecular weight excluding hydrogens is 188 g/mol. The topological polar surface area (TPSA) is 18.5 Å². The fourth-order valence-corrected chi connectivity index (χ4v) is 2.02. The van der Waals surface area contributed by atoms with Gasteiger partial charge in [-0.05, 0) is 32.3 Å². The normalized spacial score (nSPS) is 21.3. The summed E-state index contributed by atoms with van der Waals surface area (Å²) in [7, 11) is 0. The summed E-state index contributed by atoms with van der Waals surface area (Å²) >= 11 is 0. The molecule has 0 aromatic heterocycles. The molecule has 1 saturated heterocycles. The molecule has 2 rings (SSSR count). The van der Waals surface area contributed by atoms with E-state index in [9.17, 15) is 0 Å². The third-order valence-corrected chi connectivity index (χ3v) is 2.75. The fraction of sp³-hybridized carbons (Fsp3) is 0.538. The van der Waals surface area contributed by atoms with Crippen LogP contribution in [0.4, 0.5) is 0 Å². The van der Waals surface area contributed by atoms with E-state index in [4.69, 9.17) is 9.47 Å². The molecule has 1 aliphatic heterocycles. The Morgan fingerprint density at radius 2 is 2.20 bits per heavy atom. The Kier molecular flexibility index (Phi) is 3.62. The predicted molar refractivity (Wildman–Crippen MR) is 60.2 cm³/mol. The first-order valence-electron chi connectivity index (χ1n) is 5.75. The van der Waals surface area contributed by atoms with Gasteiger partial charge in [-0.2, -0.15) is 0 Å². The fourth-order valence-electron chi connectivity index (χ4n) is 2.02. The minimum Gasteiger partial charge on any atom is -0.493 e. The van der Waals surface area contributed by atoms with Gasteiger partial charge in [0.25, 0.3) is 0 Å². The van der Waals surface area contributed by atoms with Crippen LogP contribution in [0.25, 0.3) is 0 Å². The van der Waals surface area contributed by atoms with Gasteiger partial charge >= 0.3 is 0 Å². The zero-order valence-corrected chi connectivity index (χ0v) is 9.24. The summed E-state index contributed by atoms with van der Waals surface area (Å²) in [6, 6.07) is 8.20. The van der Waals surface area contributed by atoms with Gasteiger partial charge in [-0.15, -0.1) is 0 Å². The quantitative estimate of drug-likeness (QED) is 0.755. The van der Waals surface area contributed by atoms with Gasteiger partial charge in [0.05, 0.1) is 12.7 Å². The molecule has 15 heavy (non-hydrogen) atoms. The number of hydrogen-bond donors (Lipinski definition) is 0. The average molecular weight is 206 g/mol. The molecule has 0 aliphatic carbocycles. The molecule has 1 aliphatic rings.